The van der Waals surface area contributed by atoms with E-state index in [1.807, 2.05) is 6.92 Å². The maximum absolute atomic E-state index is 13.2. The average molecular weight is 295 g/mol. The highest BCUT2D eigenvalue weighted by atomic mass is 19.4. The molecule has 0 saturated carbocycles. The van der Waals surface area contributed by atoms with Crippen molar-refractivity contribution < 1.29 is 13.2 Å². The summed E-state index contributed by atoms with van der Waals surface area (Å²) in [5.41, 5.74) is 0.457. The molecule has 0 aliphatic carbocycles. The minimum Gasteiger partial charge on any atom is -0.373 e. The van der Waals surface area contributed by atoms with E-state index in [1.165, 1.54) is 18.5 Å². The smallest absolute Gasteiger partial charge is 0.373 e. The van der Waals surface area contributed by atoms with Gasteiger partial charge in [0.15, 0.2) is 0 Å². The summed E-state index contributed by atoms with van der Waals surface area (Å²) in [5.74, 6) is 0.568. The molecule has 3 nitrogen and oxygen atoms in total. The summed E-state index contributed by atoms with van der Waals surface area (Å²) in [6.07, 6.45) is -1.72. The van der Waals surface area contributed by atoms with Gasteiger partial charge in [-0.05, 0) is 12.5 Å². The highest BCUT2D eigenvalue weighted by Gasteiger charge is 2.34. The molecule has 0 saturated heterocycles. The van der Waals surface area contributed by atoms with Crippen molar-refractivity contribution in [3.63, 3.8) is 0 Å². The van der Waals surface area contributed by atoms with E-state index in [4.69, 9.17) is 0 Å². The Morgan fingerprint density at radius 2 is 1.86 bits per heavy atom. The Hall–Kier alpha value is -2.11. The second-order valence-electron chi connectivity index (χ2n) is 4.59. The first-order chi connectivity index (χ1) is 9.99. The lowest BCUT2D eigenvalue weighted by atomic mass is 9.98. The molecule has 0 aliphatic heterocycles. The van der Waals surface area contributed by atoms with Crippen LogP contribution in [0.4, 0.5) is 19.0 Å². The van der Waals surface area contributed by atoms with Crippen molar-refractivity contribution in [2.45, 2.75) is 25.9 Å². The van der Waals surface area contributed by atoms with E-state index >= 15 is 0 Å². The van der Waals surface area contributed by atoms with E-state index in [-0.39, 0.29) is 5.56 Å². The molecular formula is C15H16F3N3. The van der Waals surface area contributed by atoms with Crippen LogP contribution in [0.25, 0.3) is 11.3 Å². The molecule has 6 heteroatoms. The minimum atomic E-state index is -4.41. The monoisotopic (exact) mass is 295 g/mol. The molecule has 1 aromatic heterocycles. The second-order valence-corrected chi connectivity index (χ2v) is 4.59. The van der Waals surface area contributed by atoms with Gasteiger partial charge < -0.3 is 5.32 Å². The van der Waals surface area contributed by atoms with Crippen LogP contribution in [0.5, 0.6) is 0 Å². The number of hydrogen-bond donors (Lipinski definition) is 1. The number of rotatable bonds is 4. The first-order valence-corrected chi connectivity index (χ1v) is 6.67. The maximum Gasteiger partial charge on any atom is 0.417 e. The van der Waals surface area contributed by atoms with E-state index in [0.717, 1.165) is 12.5 Å². The molecule has 0 aliphatic rings. The number of benzene rings is 1. The van der Waals surface area contributed by atoms with Gasteiger partial charge >= 0.3 is 6.18 Å². The Balaban J connectivity index is 2.68. The lowest BCUT2D eigenvalue weighted by Crippen LogP contribution is -2.09. The van der Waals surface area contributed by atoms with Crippen LogP contribution in [0.1, 0.15) is 24.5 Å². The summed E-state index contributed by atoms with van der Waals surface area (Å²) in [7, 11) is 1.70. The molecule has 2 rings (SSSR count). The molecule has 1 heterocycles. The number of alkyl halides is 3. The number of anilines is 1. The Labute approximate surface area is 121 Å². The SMILES string of the molecule is CCCc1c(NC)ncnc1-c1ccccc1C(F)(F)F. The Morgan fingerprint density at radius 3 is 2.48 bits per heavy atom. The second kappa shape index (κ2) is 6.11. The van der Waals surface area contributed by atoms with Gasteiger partial charge in [0.25, 0.3) is 0 Å². The zero-order valence-electron chi connectivity index (χ0n) is 11.8. The molecule has 21 heavy (non-hydrogen) atoms. The lowest BCUT2D eigenvalue weighted by Gasteiger charge is -2.16. The summed E-state index contributed by atoms with van der Waals surface area (Å²) in [5, 5.41) is 2.92. The summed E-state index contributed by atoms with van der Waals surface area (Å²) < 4.78 is 39.5. The normalized spacial score (nSPS) is 11.5. The van der Waals surface area contributed by atoms with E-state index in [1.54, 1.807) is 13.1 Å². The Morgan fingerprint density at radius 1 is 1.14 bits per heavy atom. The van der Waals surface area contributed by atoms with Crippen LogP contribution in [0.2, 0.25) is 0 Å². The van der Waals surface area contributed by atoms with Crippen LogP contribution >= 0.6 is 0 Å². The average Bonchev–Trinajstić information content (AvgIpc) is 2.47. The number of aromatic nitrogens is 2. The van der Waals surface area contributed by atoms with Crippen molar-refractivity contribution in [1.29, 1.82) is 0 Å². The summed E-state index contributed by atoms with van der Waals surface area (Å²) >= 11 is 0. The molecule has 0 amide bonds. The third kappa shape index (κ3) is 3.15. The van der Waals surface area contributed by atoms with Crippen LogP contribution < -0.4 is 5.32 Å². The first-order valence-electron chi connectivity index (χ1n) is 6.67. The number of nitrogens with zero attached hydrogens (tertiary/aromatic N) is 2. The van der Waals surface area contributed by atoms with Gasteiger partial charge in [-0.15, -0.1) is 0 Å². The standard InChI is InChI=1S/C15H16F3N3/c1-3-6-11-13(20-9-21-14(11)19-2)10-7-4-5-8-12(10)15(16,17)18/h4-5,7-9H,3,6H2,1-2H3,(H,19,20,21). The van der Waals surface area contributed by atoms with Gasteiger partial charge in [0, 0.05) is 18.2 Å². The quantitative estimate of drug-likeness (QED) is 0.920. The van der Waals surface area contributed by atoms with E-state index in [9.17, 15) is 13.2 Å². The summed E-state index contributed by atoms with van der Waals surface area (Å²) in [6.45, 7) is 1.96. The van der Waals surface area contributed by atoms with E-state index in [2.05, 4.69) is 15.3 Å². The molecule has 112 valence electrons. The molecule has 0 fully saturated rings. The van der Waals surface area contributed by atoms with E-state index in [0.29, 0.717) is 23.5 Å². The number of nitrogens with one attached hydrogen (secondary N) is 1. The number of halogens is 3. The third-order valence-corrected chi connectivity index (χ3v) is 3.17. The maximum atomic E-state index is 13.2. The molecule has 0 radical (unpaired) electrons. The van der Waals surface area contributed by atoms with Crippen LogP contribution in [0, 0.1) is 0 Å². The Bertz CT molecular complexity index is 624. The van der Waals surface area contributed by atoms with Crippen molar-refractivity contribution >= 4 is 5.82 Å². The van der Waals surface area contributed by atoms with Crippen molar-refractivity contribution in [2.24, 2.45) is 0 Å². The highest BCUT2D eigenvalue weighted by molar-refractivity contribution is 5.71. The Kier molecular flexibility index (Phi) is 4.45. The summed E-state index contributed by atoms with van der Waals surface area (Å²) in [6, 6.07) is 5.49. The van der Waals surface area contributed by atoms with Crippen molar-refractivity contribution in [3.05, 3.63) is 41.7 Å². The van der Waals surface area contributed by atoms with Gasteiger partial charge in [0.1, 0.15) is 12.1 Å². The zero-order chi connectivity index (χ0) is 15.5. The van der Waals surface area contributed by atoms with E-state index < -0.39 is 11.7 Å². The largest absolute Gasteiger partial charge is 0.417 e. The van der Waals surface area contributed by atoms with Gasteiger partial charge in [-0.1, -0.05) is 31.5 Å². The van der Waals surface area contributed by atoms with Crippen molar-refractivity contribution in [2.75, 3.05) is 12.4 Å². The lowest BCUT2D eigenvalue weighted by molar-refractivity contribution is -0.137. The molecule has 0 spiro atoms. The molecule has 0 unspecified atom stereocenters. The zero-order valence-corrected chi connectivity index (χ0v) is 11.8. The number of hydrogen-bond acceptors (Lipinski definition) is 3. The molecular weight excluding hydrogens is 279 g/mol. The first kappa shape index (κ1) is 15.3. The van der Waals surface area contributed by atoms with Gasteiger partial charge in [0.2, 0.25) is 0 Å². The van der Waals surface area contributed by atoms with Gasteiger partial charge in [-0.25, -0.2) is 9.97 Å². The van der Waals surface area contributed by atoms with Crippen molar-refractivity contribution in [1.82, 2.24) is 9.97 Å². The van der Waals surface area contributed by atoms with Crippen LogP contribution in [0.15, 0.2) is 30.6 Å². The molecule has 0 atom stereocenters. The predicted molar refractivity (Wildman–Crippen MR) is 76.0 cm³/mol. The minimum absolute atomic E-state index is 0.0901. The highest BCUT2D eigenvalue weighted by Crippen LogP contribution is 2.38. The third-order valence-electron chi connectivity index (χ3n) is 3.17. The van der Waals surface area contributed by atoms with Crippen LogP contribution in [-0.2, 0) is 12.6 Å². The fraction of sp³-hybridized carbons (Fsp3) is 0.333. The van der Waals surface area contributed by atoms with Gasteiger partial charge in [0.05, 0.1) is 11.3 Å². The van der Waals surface area contributed by atoms with Gasteiger partial charge in [-0.3, -0.25) is 0 Å². The summed E-state index contributed by atoms with van der Waals surface area (Å²) in [4.78, 5) is 8.19. The fourth-order valence-corrected chi connectivity index (χ4v) is 2.28. The van der Waals surface area contributed by atoms with Crippen LogP contribution in [0.3, 0.4) is 0 Å². The topological polar surface area (TPSA) is 37.8 Å². The fourth-order valence-electron chi connectivity index (χ4n) is 2.28. The molecule has 1 N–H and O–H groups in total. The van der Waals surface area contributed by atoms with Crippen LogP contribution in [-0.4, -0.2) is 17.0 Å². The van der Waals surface area contributed by atoms with Gasteiger partial charge in [-0.2, -0.15) is 13.2 Å². The molecule has 1 aromatic carbocycles. The molecule has 0 bridgehead atoms. The predicted octanol–water partition coefficient (Wildman–Crippen LogP) is 4.16. The molecule has 2 aromatic rings. The van der Waals surface area contributed by atoms with Crippen molar-refractivity contribution in [3.8, 4) is 11.3 Å².